The molecule has 1 aliphatic heterocycles. The van der Waals surface area contributed by atoms with Gasteiger partial charge in [-0.2, -0.15) is 13.2 Å². The molecule has 0 bridgehead atoms. The summed E-state index contributed by atoms with van der Waals surface area (Å²) in [5, 5.41) is 2.36. The molecule has 1 aliphatic rings. The molecule has 1 N–H and O–H groups in total. The number of halogens is 4. The van der Waals surface area contributed by atoms with Crippen LogP contribution in [0.1, 0.15) is 18.1 Å². The van der Waals surface area contributed by atoms with Gasteiger partial charge in [-0.15, -0.1) is 0 Å². The van der Waals surface area contributed by atoms with Crippen LogP contribution in [0.5, 0.6) is 0 Å². The standard InChI is InChI=1S/C18H16ClF3N2O/c1-11(24-9-8-12-4-2-3-5-16(12)24)17(25)23-15-7-6-13(19)10-14(15)18(20,21)22/h2-7,10-11H,8-9H2,1H3,(H,23,25)/t11-/m0/s1. The predicted molar refractivity (Wildman–Crippen MR) is 92.0 cm³/mol. The summed E-state index contributed by atoms with van der Waals surface area (Å²) in [7, 11) is 0. The van der Waals surface area contributed by atoms with Crippen LogP contribution >= 0.6 is 11.6 Å². The fraction of sp³-hybridized carbons (Fsp3) is 0.278. The quantitative estimate of drug-likeness (QED) is 0.848. The predicted octanol–water partition coefficient (Wildman–Crippen LogP) is 4.75. The number of alkyl halides is 3. The maximum atomic E-state index is 13.2. The lowest BCUT2D eigenvalue weighted by Crippen LogP contribution is -2.41. The van der Waals surface area contributed by atoms with Gasteiger partial charge in [0.25, 0.3) is 0 Å². The summed E-state index contributed by atoms with van der Waals surface area (Å²) < 4.78 is 39.5. The zero-order chi connectivity index (χ0) is 18.2. The Balaban J connectivity index is 1.82. The van der Waals surface area contributed by atoms with Gasteiger partial charge in [0.2, 0.25) is 5.91 Å². The highest BCUT2D eigenvalue weighted by molar-refractivity contribution is 6.30. The third-order valence-electron chi connectivity index (χ3n) is 4.31. The van der Waals surface area contributed by atoms with Gasteiger partial charge in [0.05, 0.1) is 11.3 Å². The van der Waals surface area contributed by atoms with Gasteiger partial charge in [-0.1, -0.05) is 29.8 Å². The molecule has 7 heteroatoms. The minimum absolute atomic E-state index is 0.0353. The van der Waals surface area contributed by atoms with E-state index in [9.17, 15) is 18.0 Å². The van der Waals surface area contributed by atoms with Crippen LogP contribution in [0.3, 0.4) is 0 Å². The lowest BCUT2D eigenvalue weighted by atomic mass is 10.1. The van der Waals surface area contributed by atoms with Crippen LogP contribution in [0.25, 0.3) is 0 Å². The van der Waals surface area contributed by atoms with E-state index < -0.39 is 23.7 Å². The lowest BCUT2D eigenvalue weighted by molar-refractivity contribution is -0.137. The Morgan fingerprint density at radius 1 is 1.24 bits per heavy atom. The molecule has 25 heavy (non-hydrogen) atoms. The maximum Gasteiger partial charge on any atom is 0.418 e. The molecule has 0 aliphatic carbocycles. The first-order valence-corrected chi connectivity index (χ1v) is 8.17. The second-order valence-corrected chi connectivity index (χ2v) is 6.36. The Labute approximate surface area is 148 Å². The van der Waals surface area contributed by atoms with Crippen molar-refractivity contribution < 1.29 is 18.0 Å². The number of hydrogen-bond donors (Lipinski definition) is 1. The lowest BCUT2D eigenvalue weighted by Gasteiger charge is -2.27. The number of para-hydroxylation sites is 1. The van der Waals surface area contributed by atoms with Crippen molar-refractivity contribution in [1.82, 2.24) is 0 Å². The molecule has 0 radical (unpaired) electrons. The van der Waals surface area contributed by atoms with Crippen LogP contribution < -0.4 is 10.2 Å². The van der Waals surface area contributed by atoms with Crippen molar-refractivity contribution in [2.45, 2.75) is 25.6 Å². The van der Waals surface area contributed by atoms with Crippen molar-refractivity contribution in [3.8, 4) is 0 Å². The summed E-state index contributed by atoms with van der Waals surface area (Å²) in [6.07, 6.45) is -3.79. The van der Waals surface area contributed by atoms with Gasteiger partial charge in [0.15, 0.2) is 0 Å². The number of fused-ring (bicyclic) bond motifs is 1. The largest absolute Gasteiger partial charge is 0.418 e. The van der Waals surface area contributed by atoms with Gasteiger partial charge < -0.3 is 10.2 Å². The molecular formula is C18H16ClF3N2O. The third kappa shape index (κ3) is 3.58. The van der Waals surface area contributed by atoms with Crippen molar-refractivity contribution in [2.75, 3.05) is 16.8 Å². The molecule has 3 nitrogen and oxygen atoms in total. The summed E-state index contributed by atoms with van der Waals surface area (Å²) in [5.74, 6) is -0.496. The minimum Gasteiger partial charge on any atom is -0.359 e. The Kier molecular flexibility index (Phi) is 4.64. The molecular weight excluding hydrogens is 353 g/mol. The second-order valence-electron chi connectivity index (χ2n) is 5.92. The molecule has 0 saturated heterocycles. The molecule has 1 amide bonds. The van der Waals surface area contributed by atoms with Crippen molar-refractivity contribution in [2.24, 2.45) is 0 Å². The highest BCUT2D eigenvalue weighted by Gasteiger charge is 2.35. The Morgan fingerprint density at radius 2 is 1.96 bits per heavy atom. The van der Waals surface area contributed by atoms with E-state index >= 15 is 0 Å². The topological polar surface area (TPSA) is 32.3 Å². The van der Waals surface area contributed by atoms with Crippen LogP contribution in [0.4, 0.5) is 24.5 Å². The van der Waals surface area contributed by atoms with E-state index in [0.717, 1.165) is 23.7 Å². The fourth-order valence-electron chi connectivity index (χ4n) is 3.00. The van der Waals surface area contributed by atoms with Crippen LogP contribution in [-0.2, 0) is 17.4 Å². The number of amides is 1. The first-order valence-electron chi connectivity index (χ1n) is 7.79. The molecule has 2 aromatic carbocycles. The second kappa shape index (κ2) is 6.59. The highest BCUT2D eigenvalue weighted by Crippen LogP contribution is 2.37. The summed E-state index contributed by atoms with van der Waals surface area (Å²) in [4.78, 5) is 14.4. The van der Waals surface area contributed by atoms with Crippen LogP contribution in [0.15, 0.2) is 42.5 Å². The zero-order valence-corrected chi connectivity index (χ0v) is 14.2. The van der Waals surface area contributed by atoms with E-state index in [1.165, 1.54) is 12.1 Å². The average Bonchev–Trinajstić information content (AvgIpc) is 2.98. The molecule has 2 aromatic rings. The summed E-state index contributed by atoms with van der Waals surface area (Å²) in [5.41, 5.74) is 0.825. The van der Waals surface area contributed by atoms with Crippen LogP contribution in [0, 0.1) is 0 Å². The summed E-state index contributed by atoms with van der Waals surface area (Å²) >= 11 is 5.66. The Morgan fingerprint density at radius 3 is 2.68 bits per heavy atom. The number of rotatable bonds is 3. The average molecular weight is 369 g/mol. The zero-order valence-electron chi connectivity index (χ0n) is 13.4. The first-order chi connectivity index (χ1) is 11.8. The highest BCUT2D eigenvalue weighted by atomic mass is 35.5. The summed E-state index contributed by atoms with van der Waals surface area (Å²) in [6, 6.07) is 10.4. The van der Waals surface area contributed by atoms with E-state index in [0.29, 0.717) is 6.54 Å². The Hall–Kier alpha value is -2.21. The number of carbonyl (C=O) groups excluding carboxylic acids is 1. The third-order valence-corrected chi connectivity index (χ3v) is 4.55. The fourth-order valence-corrected chi connectivity index (χ4v) is 3.18. The number of nitrogens with zero attached hydrogens (tertiary/aromatic N) is 1. The van der Waals surface area contributed by atoms with E-state index in [1.54, 1.807) is 6.92 Å². The number of benzene rings is 2. The maximum absolute atomic E-state index is 13.2. The number of anilines is 2. The minimum atomic E-state index is -4.60. The molecule has 0 fully saturated rings. The van der Waals surface area contributed by atoms with Crippen molar-refractivity contribution in [3.05, 3.63) is 58.6 Å². The van der Waals surface area contributed by atoms with Crippen LogP contribution in [0.2, 0.25) is 5.02 Å². The van der Waals surface area contributed by atoms with Gasteiger partial charge in [-0.3, -0.25) is 4.79 Å². The van der Waals surface area contributed by atoms with Gasteiger partial charge in [-0.25, -0.2) is 0 Å². The number of carbonyl (C=O) groups is 1. The van der Waals surface area contributed by atoms with Gasteiger partial charge in [0.1, 0.15) is 6.04 Å². The van der Waals surface area contributed by atoms with Crippen molar-refractivity contribution in [3.63, 3.8) is 0 Å². The first kappa shape index (κ1) is 17.6. The number of hydrogen-bond acceptors (Lipinski definition) is 2. The van der Waals surface area contributed by atoms with Gasteiger partial charge >= 0.3 is 6.18 Å². The van der Waals surface area contributed by atoms with Crippen molar-refractivity contribution in [1.29, 1.82) is 0 Å². The molecule has 1 heterocycles. The van der Waals surface area contributed by atoms with Gasteiger partial charge in [-0.05, 0) is 43.2 Å². The SMILES string of the molecule is C[C@@H](C(=O)Nc1ccc(Cl)cc1C(F)(F)F)N1CCc2ccccc21. The normalized spacial score (nSPS) is 15.0. The summed E-state index contributed by atoms with van der Waals surface area (Å²) in [6.45, 7) is 2.33. The van der Waals surface area contributed by atoms with E-state index in [-0.39, 0.29) is 10.7 Å². The molecule has 0 saturated carbocycles. The smallest absolute Gasteiger partial charge is 0.359 e. The van der Waals surface area contributed by atoms with Crippen molar-refractivity contribution >= 4 is 28.9 Å². The number of nitrogens with one attached hydrogen (secondary N) is 1. The van der Waals surface area contributed by atoms with Gasteiger partial charge in [0, 0.05) is 17.3 Å². The monoisotopic (exact) mass is 368 g/mol. The van der Waals surface area contributed by atoms with E-state index in [2.05, 4.69) is 5.32 Å². The molecule has 132 valence electrons. The molecule has 3 rings (SSSR count). The van der Waals surface area contributed by atoms with E-state index in [1.807, 2.05) is 29.2 Å². The Bertz CT molecular complexity index is 807. The molecule has 0 unspecified atom stereocenters. The molecule has 0 spiro atoms. The van der Waals surface area contributed by atoms with Crippen LogP contribution in [-0.4, -0.2) is 18.5 Å². The molecule has 0 aromatic heterocycles. The molecule has 1 atom stereocenters. The van der Waals surface area contributed by atoms with E-state index in [4.69, 9.17) is 11.6 Å².